The Kier molecular flexibility index (Phi) is 34.5. The van der Waals surface area contributed by atoms with Gasteiger partial charge >= 0.3 is 0 Å². The quantitative estimate of drug-likeness (QED) is 0.139. The van der Waals surface area contributed by atoms with Crippen molar-refractivity contribution in [3.8, 4) is 0 Å². The third-order valence-electron chi connectivity index (χ3n) is 4.26. The topological polar surface area (TPSA) is 84.1 Å². The minimum Gasteiger partial charge on any atom is -0.467 e. The maximum absolute atomic E-state index is 10.9. The summed E-state index contributed by atoms with van der Waals surface area (Å²) in [5, 5.41) is 2.59. The van der Waals surface area contributed by atoms with Crippen LogP contribution in [0.1, 0.15) is 66.6 Å². The Balaban J connectivity index is -0.000000419. The predicted octanol–water partition coefficient (Wildman–Crippen LogP) is 5.86. The van der Waals surface area contributed by atoms with Crippen LogP contribution in [0.2, 0.25) is 0 Å². The normalized spacial score (nSPS) is 12.8. The number of amides is 1. The molecule has 0 aromatic carbocycles. The molecule has 1 saturated heterocycles. The number of ether oxygens (including phenoxy) is 1. The molecular weight excluding hydrogens is 462 g/mol. The molecule has 0 atom stereocenters. The van der Waals surface area contributed by atoms with Crippen LogP contribution in [0.15, 0.2) is 40.0 Å². The molecule has 1 aromatic rings. The number of aldehydes is 1. The lowest BCUT2D eigenvalue weighted by Crippen LogP contribution is -2.33. The number of allylic oxidation sites excluding steroid dienone is 1. The number of furan rings is 1. The Morgan fingerprint density at radius 1 is 1.26 bits per heavy atom. The van der Waals surface area contributed by atoms with Crippen molar-refractivity contribution in [3.05, 3.63) is 36.3 Å². The molecule has 1 N–H and O–H groups in total. The van der Waals surface area contributed by atoms with Crippen LogP contribution in [0.5, 0.6) is 0 Å². The Labute approximate surface area is 219 Å². The SMILES string of the molecule is C/C=C\CCN(C)CC(=O)NC.CC.CC.CC1CCOCC1.O=CCSC=NCc1ccco1. The fourth-order valence-corrected chi connectivity index (χ4v) is 2.69. The summed E-state index contributed by atoms with van der Waals surface area (Å²) >= 11 is 1.37. The molecule has 1 fully saturated rings. The van der Waals surface area contributed by atoms with Crippen LogP contribution in [0, 0.1) is 5.92 Å². The predicted molar refractivity (Wildman–Crippen MR) is 152 cm³/mol. The number of carbonyl (C=O) groups excluding carboxylic acids is 2. The van der Waals surface area contributed by atoms with Gasteiger partial charge in [0.1, 0.15) is 12.0 Å². The highest BCUT2D eigenvalue weighted by Crippen LogP contribution is 2.11. The second kappa shape index (κ2) is 32.1. The molecule has 7 nitrogen and oxygen atoms in total. The van der Waals surface area contributed by atoms with E-state index >= 15 is 0 Å². The molecule has 1 amide bonds. The largest absolute Gasteiger partial charge is 0.467 e. The first-order valence-corrected chi connectivity index (χ1v) is 13.7. The molecule has 8 heteroatoms. The second-order valence-electron chi connectivity index (χ2n) is 7.09. The smallest absolute Gasteiger partial charge is 0.233 e. The minimum atomic E-state index is 0.0676. The molecule has 35 heavy (non-hydrogen) atoms. The number of nitrogens with zero attached hydrogens (tertiary/aromatic N) is 2. The van der Waals surface area contributed by atoms with E-state index in [0.717, 1.165) is 44.1 Å². The zero-order valence-electron chi connectivity index (χ0n) is 23.4. The van der Waals surface area contributed by atoms with E-state index in [1.54, 1.807) is 18.9 Å². The molecule has 0 bridgehead atoms. The fraction of sp³-hybridized carbons (Fsp3) is 0.667. The lowest BCUT2D eigenvalue weighted by molar-refractivity contribution is -0.121. The van der Waals surface area contributed by atoms with Gasteiger partial charge in [0.05, 0.1) is 30.7 Å². The van der Waals surface area contributed by atoms with Crippen molar-refractivity contribution in [2.24, 2.45) is 10.9 Å². The average Bonchev–Trinajstić information content (AvgIpc) is 3.41. The van der Waals surface area contributed by atoms with Crippen LogP contribution in [0.4, 0.5) is 0 Å². The molecule has 0 unspecified atom stereocenters. The van der Waals surface area contributed by atoms with Crippen LogP contribution in [-0.2, 0) is 20.9 Å². The number of hydrogen-bond donors (Lipinski definition) is 1. The zero-order valence-corrected chi connectivity index (χ0v) is 24.2. The number of likely N-dealkylation sites (N-methyl/N-ethyl adjacent to an activating group) is 2. The van der Waals surface area contributed by atoms with Crippen LogP contribution in [-0.4, -0.2) is 68.8 Å². The van der Waals surface area contributed by atoms with Crippen molar-refractivity contribution < 1.29 is 18.7 Å². The van der Waals surface area contributed by atoms with Gasteiger partial charge in [0.25, 0.3) is 0 Å². The maximum atomic E-state index is 10.9. The first kappa shape index (κ1) is 37.6. The van der Waals surface area contributed by atoms with Gasteiger partial charge in [-0.05, 0) is 51.3 Å². The molecule has 0 aliphatic carbocycles. The molecule has 2 heterocycles. The first-order valence-electron chi connectivity index (χ1n) is 12.7. The highest BCUT2D eigenvalue weighted by atomic mass is 32.2. The standard InChI is InChI=1S/C9H18N2O.C8H9NO2S.C6H12O.2C2H6/c1-4-5-6-7-11(3)8-9(12)10-2;10-3-5-12-7-9-6-8-2-1-4-11-8;1-6-2-4-7-5-3-6;2*1-2/h4-5H,6-8H2,1-3H3,(H,10,12);1-4,7H,5-6H2;6H,2-5H2,1H3;2*1-2H3/b5-4-;;;;. The monoisotopic (exact) mass is 513 g/mol. The molecule has 1 aromatic heterocycles. The van der Waals surface area contributed by atoms with E-state index in [1.807, 2.05) is 64.8 Å². The van der Waals surface area contributed by atoms with Crippen LogP contribution in [0.25, 0.3) is 0 Å². The number of aliphatic imine (C=N–C) groups is 1. The van der Waals surface area contributed by atoms with Crippen molar-refractivity contribution in [1.82, 2.24) is 10.2 Å². The fourth-order valence-electron chi connectivity index (χ4n) is 2.35. The molecule has 204 valence electrons. The average molecular weight is 514 g/mol. The Morgan fingerprint density at radius 2 is 1.91 bits per heavy atom. The molecular formula is C27H51N3O4S. The summed E-state index contributed by atoms with van der Waals surface area (Å²) in [7, 11) is 3.60. The summed E-state index contributed by atoms with van der Waals surface area (Å²) in [6.45, 7) is 16.2. The van der Waals surface area contributed by atoms with Gasteiger partial charge in [-0.3, -0.25) is 14.7 Å². The van der Waals surface area contributed by atoms with Gasteiger partial charge < -0.3 is 19.3 Å². The van der Waals surface area contributed by atoms with Crippen LogP contribution in [0.3, 0.4) is 0 Å². The summed E-state index contributed by atoms with van der Waals surface area (Å²) in [4.78, 5) is 26.8. The summed E-state index contributed by atoms with van der Waals surface area (Å²) in [6.07, 6.45) is 10.1. The summed E-state index contributed by atoms with van der Waals surface area (Å²) in [5.74, 6) is 2.27. The third-order valence-corrected chi connectivity index (χ3v) is 4.88. The highest BCUT2D eigenvalue weighted by molar-refractivity contribution is 8.12. The van der Waals surface area contributed by atoms with Crippen molar-refractivity contribution in [2.45, 2.75) is 67.3 Å². The summed E-state index contributed by atoms with van der Waals surface area (Å²) in [6, 6.07) is 3.69. The number of rotatable bonds is 10. The van der Waals surface area contributed by atoms with Gasteiger partial charge in [-0.15, -0.1) is 11.8 Å². The van der Waals surface area contributed by atoms with Crippen molar-refractivity contribution >= 4 is 29.5 Å². The number of hydrogen-bond acceptors (Lipinski definition) is 7. The van der Waals surface area contributed by atoms with E-state index in [1.165, 1.54) is 24.6 Å². The van der Waals surface area contributed by atoms with Crippen LogP contribution < -0.4 is 5.32 Å². The number of nitrogens with one attached hydrogen (secondary N) is 1. The van der Waals surface area contributed by atoms with Crippen molar-refractivity contribution in [1.29, 1.82) is 0 Å². The maximum Gasteiger partial charge on any atom is 0.233 e. The lowest BCUT2D eigenvalue weighted by atomic mass is 10.0. The Hall–Kier alpha value is -1.90. The number of thioether (sulfide) groups is 1. The van der Waals surface area contributed by atoms with Crippen LogP contribution >= 0.6 is 11.8 Å². The third kappa shape index (κ3) is 30.1. The van der Waals surface area contributed by atoms with Gasteiger partial charge in [-0.2, -0.15) is 0 Å². The molecule has 2 rings (SSSR count). The van der Waals surface area contributed by atoms with Gasteiger partial charge in [-0.1, -0.05) is 46.8 Å². The van der Waals surface area contributed by atoms with E-state index in [4.69, 9.17) is 9.15 Å². The van der Waals surface area contributed by atoms with Gasteiger partial charge in [0, 0.05) is 26.8 Å². The number of carbonyl (C=O) groups is 2. The molecule has 0 radical (unpaired) electrons. The van der Waals surface area contributed by atoms with E-state index in [0.29, 0.717) is 18.8 Å². The van der Waals surface area contributed by atoms with E-state index in [-0.39, 0.29) is 5.91 Å². The van der Waals surface area contributed by atoms with Gasteiger partial charge in [0.2, 0.25) is 5.91 Å². The minimum absolute atomic E-state index is 0.0676. The second-order valence-corrected chi connectivity index (χ2v) is 7.97. The molecule has 1 aliphatic heterocycles. The molecule has 1 aliphatic rings. The summed E-state index contributed by atoms with van der Waals surface area (Å²) < 4.78 is 10.2. The van der Waals surface area contributed by atoms with Crippen molar-refractivity contribution in [3.63, 3.8) is 0 Å². The molecule has 0 spiro atoms. The van der Waals surface area contributed by atoms with E-state index < -0.39 is 0 Å². The van der Waals surface area contributed by atoms with E-state index in [9.17, 15) is 9.59 Å². The van der Waals surface area contributed by atoms with Crippen molar-refractivity contribution in [2.75, 3.05) is 46.2 Å². The van der Waals surface area contributed by atoms with Gasteiger partial charge in [-0.25, -0.2) is 0 Å². The summed E-state index contributed by atoms with van der Waals surface area (Å²) in [5.41, 5.74) is 1.66. The van der Waals surface area contributed by atoms with Gasteiger partial charge in [0.15, 0.2) is 0 Å². The molecule has 0 saturated carbocycles. The Bertz CT molecular complexity index is 602. The lowest BCUT2D eigenvalue weighted by Gasteiger charge is -2.16. The Morgan fingerprint density at radius 3 is 2.37 bits per heavy atom. The first-order chi connectivity index (χ1) is 17.0. The van der Waals surface area contributed by atoms with E-state index in [2.05, 4.69) is 23.3 Å². The highest BCUT2D eigenvalue weighted by Gasteiger charge is 2.06. The zero-order chi connectivity index (χ0) is 27.2.